The van der Waals surface area contributed by atoms with Crippen molar-refractivity contribution >= 4 is 23.8 Å². The molecule has 0 aromatic rings. The van der Waals surface area contributed by atoms with E-state index in [1.54, 1.807) is 13.8 Å². The molecule has 8 nitrogen and oxygen atoms in total. The standard InChI is InChI=1S/C13H21N3O5/c1-3-13(4-2)11(20)16(12(21)15-13)8-9(17)14-7-5-6-10(18)19/h3-8H2,1-2H3,(H,14,17)(H,15,21)(H,18,19). The molecule has 1 heterocycles. The summed E-state index contributed by atoms with van der Waals surface area (Å²) in [5.41, 5.74) is -0.916. The molecule has 0 aromatic carbocycles. The van der Waals surface area contributed by atoms with E-state index in [0.717, 1.165) is 4.90 Å². The van der Waals surface area contributed by atoms with Crippen LogP contribution in [0.15, 0.2) is 0 Å². The Kier molecular flexibility index (Phi) is 5.69. The van der Waals surface area contributed by atoms with Crippen molar-refractivity contribution < 1.29 is 24.3 Å². The van der Waals surface area contributed by atoms with Gasteiger partial charge in [-0.25, -0.2) is 4.79 Å². The number of hydrogen-bond acceptors (Lipinski definition) is 4. The third-order valence-corrected chi connectivity index (χ3v) is 3.64. The Bertz CT molecular complexity index is 445. The van der Waals surface area contributed by atoms with Crippen molar-refractivity contribution in [1.29, 1.82) is 0 Å². The second kappa shape index (κ2) is 7.05. The molecule has 21 heavy (non-hydrogen) atoms. The number of imide groups is 1. The quantitative estimate of drug-likeness (QED) is 0.433. The number of aliphatic carboxylic acids is 1. The van der Waals surface area contributed by atoms with E-state index in [2.05, 4.69) is 10.6 Å². The number of urea groups is 1. The summed E-state index contributed by atoms with van der Waals surface area (Å²) in [6.45, 7) is 3.45. The number of carboxylic acid groups (broad SMARTS) is 1. The highest BCUT2D eigenvalue weighted by Crippen LogP contribution is 2.24. The molecule has 0 aliphatic carbocycles. The van der Waals surface area contributed by atoms with Gasteiger partial charge in [-0.1, -0.05) is 13.8 Å². The van der Waals surface area contributed by atoms with E-state index in [9.17, 15) is 19.2 Å². The Morgan fingerprint density at radius 2 is 1.90 bits per heavy atom. The van der Waals surface area contributed by atoms with Gasteiger partial charge in [-0.2, -0.15) is 0 Å². The van der Waals surface area contributed by atoms with Gasteiger partial charge in [-0.05, 0) is 19.3 Å². The Morgan fingerprint density at radius 1 is 1.29 bits per heavy atom. The number of carbonyl (C=O) groups is 4. The van der Waals surface area contributed by atoms with Crippen LogP contribution < -0.4 is 10.6 Å². The Morgan fingerprint density at radius 3 is 2.38 bits per heavy atom. The van der Waals surface area contributed by atoms with Gasteiger partial charge in [0.2, 0.25) is 5.91 Å². The molecule has 0 bridgehead atoms. The van der Waals surface area contributed by atoms with E-state index >= 15 is 0 Å². The fourth-order valence-electron chi connectivity index (χ4n) is 2.22. The smallest absolute Gasteiger partial charge is 0.325 e. The molecule has 1 rings (SSSR count). The van der Waals surface area contributed by atoms with Gasteiger partial charge in [-0.3, -0.25) is 19.3 Å². The molecule has 118 valence electrons. The molecule has 1 saturated heterocycles. The van der Waals surface area contributed by atoms with Gasteiger partial charge < -0.3 is 15.7 Å². The molecule has 1 fully saturated rings. The predicted octanol–water partition coefficient (Wildman–Crippen LogP) is 0.0780. The monoisotopic (exact) mass is 299 g/mol. The van der Waals surface area contributed by atoms with Crippen LogP contribution in [0.4, 0.5) is 4.79 Å². The SMILES string of the molecule is CCC1(CC)NC(=O)N(CC(=O)NCCCC(=O)O)C1=O. The third kappa shape index (κ3) is 3.93. The molecule has 8 heteroatoms. The lowest BCUT2D eigenvalue weighted by atomic mass is 9.93. The molecular weight excluding hydrogens is 278 g/mol. The summed E-state index contributed by atoms with van der Waals surface area (Å²) in [7, 11) is 0. The summed E-state index contributed by atoms with van der Waals surface area (Å²) < 4.78 is 0. The van der Waals surface area contributed by atoms with E-state index in [-0.39, 0.29) is 19.5 Å². The first kappa shape index (κ1) is 16.9. The van der Waals surface area contributed by atoms with Gasteiger partial charge in [0, 0.05) is 13.0 Å². The first-order valence-electron chi connectivity index (χ1n) is 6.99. The van der Waals surface area contributed by atoms with Gasteiger partial charge in [0.05, 0.1) is 0 Å². The van der Waals surface area contributed by atoms with Gasteiger partial charge in [-0.15, -0.1) is 0 Å². The average molecular weight is 299 g/mol. The number of carbonyl (C=O) groups excluding carboxylic acids is 3. The van der Waals surface area contributed by atoms with Crippen molar-refractivity contribution in [2.45, 2.75) is 45.1 Å². The molecule has 0 aromatic heterocycles. The molecule has 4 amide bonds. The summed E-state index contributed by atoms with van der Waals surface area (Å²) >= 11 is 0. The molecule has 0 saturated carbocycles. The normalized spacial score (nSPS) is 16.8. The van der Waals surface area contributed by atoms with E-state index in [4.69, 9.17) is 5.11 Å². The number of hydrogen-bond donors (Lipinski definition) is 3. The Balaban J connectivity index is 2.51. The molecule has 0 spiro atoms. The lowest BCUT2D eigenvalue weighted by Gasteiger charge is -2.22. The van der Waals surface area contributed by atoms with Gasteiger partial charge >= 0.3 is 12.0 Å². The van der Waals surface area contributed by atoms with E-state index < -0.39 is 29.4 Å². The first-order chi connectivity index (χ1) is 9.86. The number of nitrogens with zero attached hydrogens (tertiary/aromatic N) is 1. The third-order valence-electron chi connectivity index (χ3n) is 3.64. The van der Waals surface area contributed by atoms with Crippen LogP contribution in [0.25, 0.3) is 0 Å². The number of nitrogens with one attached hydrogen (secondary N) is 2. The molecule has 0 atom stereocenters. The second-order valence-corrected chi connectivity index (χ2v) is 4.96. The highest BCUT2D eigenvalue weighted by atomic mass is 16.4. The van der Waals surface area contributed by atoms with Crippen molar-refractivity contribution in [3.05, 3.63) is 0 Å². The molecule has 0 radical (unpaired) electrons. The highest BCUT2D eigenvalue weighted by molar-refractivity contribution is 6.08. The second-order valence-electron chi connectivity index (χ2n) is 4.96. The summed E-state index contributed by atoms with van der Waals surface area (Å²) in [4.78, 5) is 47.0. The zero-order valence-corrected chi connectivity index (χ0v) is 12.3. The lowest BCUT2D eigenvalue weighted by molar-refractivity contribution is -0.137. The maximum absolute atomic E-state index is 12.2. The predicted molar refractivity (Wildman–Crippen MR) is 73.4 cm³/mol. The summed E-state index contributed by atoms with van der Waals surface area (Å²) in [5.74, 6) is -1.81. The van der Waals surface area contributed by atoms with E-state index in [0.29, 0.717) is 19.3 Å². The summed E-state index contributed by atoms with van der Waals surface area (Å²) in [6, 6.07) is -0.565. The zero-order valence-electron chi connectivity index (χ0n) is 12.3. The van der Waals surface area contributed by atoms with Crippen LogP contribution in [0.2, 0.25) is 0 Å². The zero-order chi connectivity index (χ0) is 16.0. The highest BCUT2D eigenvalue weighted by Gasteiger charge is 2.49. The minimum Gasteiger partial charge on any atom is -0.481 e. The largest absolute Gasteiger partial charge is 0.481 e. The van der Waals surface area contributed by atoms with Gasteiger partial charge in [0.15, 0.2) is 0 Å². The fourth-order valence-corrected chi connectivity index (χ4v) is 2.22. The minimum absolute atomic E-state index is 0.0435. The molecule has 1 aliphatic heterocycles. The van der Waals surface area contributed by atoms with Crippen molar-refractivity contribution in [3.63, 3.8) is 0 Å². The van der Waals surface area contributed by atoms with Crippen LogP contribution in [0.3, 0.4) is 0 Å². The van der Waals surface area contributed by atoms with E-state index in [1.165, 1.54) is 0 Å². The summed E-state index contributed by atoms with van der Waals surface area (Å²) in [6.07, 6.45) is 1.18. The maximum atomic E-state index is 12.2. The molecule has 1 aliphatic rings. The van der Waals surface area contributed by atoms with Gasteiger partial charge in [0.1, 0.15) is 12.1 Å². The lowest BCUT2D eigenvalue weighted by Crippen LogP contribution is -2.46. The Labute approximate surface area is 122 Å². The fraction of sp³-hybridized carbons (Fsp3) is 0.692. The number of carboxylic acids is 1. The minimum atomic E-state index is -0.936. The van der Waals surface area contributed by atoms with Crippen molar-refractivity contribution in [2.24, 2.45) is 0 Å². The van der Waals surface area contributed by atoms with Crippen molar-refractivity contribution in [3.8, 4) is 0 Å². The first-order valence-corrected chi connectivity index (χ1v) is 6.99. The molecule has 3 N–H and O–H groups in total. The maximum Gasteiger partial charge on any atom is 0.325 e. The van der Waals surface area contributed by atoms with Crippen LogP contribution in [-0.2, 0) is 14.4 Å². The van der Waals surface area contributed by atoms with Crippen LogP contribution >= 0.6 is 0 Å². The van der Waals surface area contributed by atoms with Crippen molar-refractivity contribution in [2.75, 3.05) is 13.1 Å². The molecule has 0 unspecified atom stereocenters. The number of rotatable bonds is 8. The van der Waals surface area contributed by atoms with Crippen LogP contribution in [0.5, 0.6) is 0 Å². The van der Waals surface area contributed by atoms with Crippen LogP contribution in [-0.4, -0.2) is 52.4 Å². The van der Waals surface area contributed by atoms with E-state index in [1.807, 2.05) is 0 Å². The number of amides is 4. The average Bonchev–Trinajstić information content (AvgIpc) is 2.68. The summed E-state index contributed by atoms with van der Waals surface area (Å²) in [5, 5.41) is 13.6. The van der Waals surface area contributed by atoms with Gasteiger partial charge in [0.25, 0.3) is 5.91 Å². The van der Waals surface area contributed by atoms with Crippen LogP contribution in [0.1, 0.15) is 39.5 Å². The molecular formula is C13H21N3O5. The Hall–Kier alpha value is -2.12. The van der Waals surface area contributed by atoms with Crippen LogP contribution in [0, 0.1) is 0 Å². The van der Waals surface area contributed by atoms with Crippen molar-refractivity contribution in [1.82, 2.24) is 15.5 Å². The topological polar surface area (TPSA) is 116 Å².